The highest BCUT2D eigenvalue weighted by atomic mass is 32.2. The summed E-state index contributed by atoms with van der Waals surface area (Å²) in [5, 5.41) is 0. The highest BCUT2D eigenvalue weighted by Crippen LogP contribution is 2.16. The minimum Gasteiger partial charge on any atom is -0.408 e. The molecule has 1 aliphatic heterocycles. The largest absolute Gasteiger partial charge is 0.417 e. The van der Waals surface area contributed by atoms with Crippen LogP contribution in [0.15, 0.2) is 32.3 Å². The molecule has 2 aromatic rings. The van der Waals surface area contributed by atoms with Gasteiger partial charge in [-0.15, -0.1) is 0 Å². The SMILES string of the molecule is CC[NH+]1CC[NH+](CCCNS(=O)(=O)c2ccc3[nH]c(=O)oc3c2)CC1. The van der Waals surface area contributed by atoms with Crippen LogP contribution >= 0.6 is 0 Å². The Hall–Kier alpha value is -1.68. The van der Waals surface area contributed by atoms with Gasteiger partial charge in [-0.1, -0.05) is 0 Å². The van der Waals surface area contributed by atoms with Gasteiger partial charge in [-0.3, -0.25) is 4.98 Å². The Bertz CT molecular complexity index is 866. The van der Waals surface area contributed by atoms with Gasteiger partial charge in [0, 0.05) is 19.0 Å². The van der Waals surface area contributed by atoms with Gasteiger partial charge in [0.25, 0.3) is 0 Å². The number of benzene rings is 1. The molecule has 0 atom stereocenters. The van der Waals surface area contributed by atoms with E-state index in [-0.39, 0.29) is 10.5 Å². The Morgan fingerprint density at radius 3 is 2.64 bits per heavy atom. The lowest BCUT2D eigenvalue weighted by Crippen LogP contribution is -3.28. The fourth-order valence-electron chi connectivity index (χ4n) is 3.28. The van der Waals surface area contributed by atoms with Crippen LogP contribution in [0.1, 0.15) is 13.3 Å². The maximum Gasteiger partial charge on any atom is 0.417 e. The molecule has 0 bridgehead atoms. The van der Waals surface area contributed by atoms with E-state index in [1.807, 2.05) is 0 Å². The van der Waals surface area contributed by atoms with Gasteiger partial charge in [-0.2, -0.15) is 0 Å². The van der Waals surface area contributed by atoms with Crippen LogP contribution in [-0.2, 0) is 10.0 Å². The number of rotatable bonds is 7. The van der Waals surface area contributed by atoms with Gasteiger partial charge in [-0.25, -0.2) is 17.9 Å². The van der Waals surface area contributed by atoms with Crippen molar-refractivity contribution in [2.45, 2.75) is 18.2 Å². The number of nitrogens with one attached hydrogen (secondary N) is 4. The number of fused-ring (bicyclic) bond motifs is 1. The molecule has 8 nitrogen and oxygen atoms in total. The molecule has 1 aliphatic rings. The van der Waals surface area contributed by atoms with Crippen LogP contribution in [0.2, 0.25) is 0 Å². The third-order valence-electron chi connectivity index (χ3n) is 4.87. The number of quaternary nitrogens is 2. The number of aromatic amines is 1. The molecule has 0 unspecified atom stereocenters. The smallest absolute Gasteiger partial charge is 0.408 e. The van der Waals surface area contributed by atoms with Crippen LogP contribution in [0.5, 0.6) is 0 Å². The highest BCUT2D eigenvalue weighted by Gasteiger charge is 2.21. The molecule has 25 heavy (non-hydrogen) atoms. The van der Waals surface area contributed by atoms with Crippen molar-refractivity contribution in [2.75, 3.05) is 45.8 Å². The first-order valence-electron chi connectivity index (χ1n) is 8.77. The molecule has 0 spiro atoms. The zero-order chi connectivity index (χ0) is 17.9. The van der Waals surface area contributed by atoms with Crippen LogP contribution in [-0.4, -0.2) is 59.2 Å². The van der Waals surface area contributed by atoms with Gasteiger partial charge in [-0.05, 0) is 19.1 Å². The molecule has 1 saturated heterocycles. The fraction of sp³-hybridized carbons (Fsp3) is 0.562. The number of H-pyrrole nitrogens is 1. The summed E-state index contributed by atoms with van der Waals surface area (Å²) in [6, 6.07) is 4.37. The first-order chi connectivity index (χ1) is 12.0. The van der Waals surface area contributed by atoms with Gasteiger partial charge < -0.3 is 14.2 Å². The molecular weight excluding hydrogens is 344 g/mol. The minimum atomic E-state index is -3.60. The quantitative estimate of drug-likeness (QED) is 0.408. The first kappa shape index (κ1) is 18.1. The molecule has 0 radical (unpaired) electrons. The van der Waals surface area contributed by atoms with Gasteiger partial charge in [0.2, 0.25) is 10.0 Å². The molecule has 138 valence electrons. The van der Waals surface area contributed by atoms with E-state index in [0.717, 1.165) is 26.1 Å². The van der Waals surface area contributed by atoms with Crippen molar-refractivity contribution in [3.05, 3.63) is 28.7 Å². The maximum absolute atomic E-state index is 12.4. The Balaban J connectivity index is 1.50. The normalized spacial score (nSPS) is 21.6. The van der Waals surface area contributed by atoms with Crippen molar-refractivity contribution < 1.29 is 22.6 Å². The predicted octanol–water partition coefficient (Wildman–Crippen LogP) is -2.41. The molecule has 0 amide bonds. The Morgan fingerprint density at radius 1 is 1.20 bits per heavy atom. The summed E-state index contributed by atoms with van der Waals surface area (Å²) in [5.74, 6) is -0.592. The summed E-state index contributed by atoms with van der Waals surface area (Å²) in [6.07, 6.45) is 0.803. The van der Waals surface area contributed by atoms with E-state index in [9.17, 15) is 13.2 Å². The van der Waals surface area contributed by atoms with Gasteiger partial charge in [0.05, 0.1) is 23.5 Å². The van der Waals surface area contributed by atoms with Crippen LogP contribution < -0.4 is 20.3 Å². The second kappa shape index (κ2) is 7.69. The zero-order valence-corrected chi connectivity index (χ0v) is 15.2. The van der Waals surface area contributed by atoms with Crippen LogP contribution in [0.25, 0.3) is 11.1 Å². The number of hydrogen-bond donors (Lipinski definition) is 4. The molecule has 0 aliphatic carbocycles. The van der Waals surface area contributed by atoms with Gasteiger partial charge >= 0.3 is 5.76 Å². The fourth-order valence-corrected chi connectivity index (χ4v) is 4.37. The molecule has 9 heteroatoms. The Kier molecular flexibility index (Phi) is 5.57. The summed E-state index contributed by atoms with van der Waals surface area (Å²) in [4.78, 5) is 17.0. The molecule has 0 saturated carbocycles. The van der Waals surface area contributed by atoms with E-state index in [1.165, 1.54) is 37.8 Å². The minimum absolute atomic E-state index is 0.107. The topological polar surface area (TPSA) is 101 Å². The number of aromatic nitrogens is 1. The van der Waals surface area contributed by atoms with E-state index in [1.54, 1.807) is 9.80 Å². The molecule has 1 aromatic heterocycles. The van der Waals surface area contributed by atoms with Crippen molar-refractivity contribution in [2.24, 2.45) is 0 Å². The van der Waals surface area contributed by atoms with E-state index in [4.69, 9.17) is 4.42 Å². The lowest BCUT2D eigenvalue weighted by Gasteiger charge is -2.28. The average molecular weight is 370 g/mol. The monoisotopic (exact) mass is 370 g/mol. The zero-order valence-electron chi connectivity index (χ0n) is 14.4. The Labute approximate surface area is 146 Å². The van der Waals surface area contributed by atoms with E-state index < -0.39 is 15.8 Å². The van der Waals surface area contributed by atoms with E-state index >= 15 is 0 Å². The van der Waals surface area contributed by atoms with Crippen LogP contribution in [0.4, 0.5) is 0 Å². The van der Waals surface area contributed by atoms with E-state index in [2.05, 4.69) is 16.6 Å². The summed E-state index contributed by atoms with van der Waals surface area (Å²) in [6.45, 7) is 9.47. The summed E-state index contributed by atoms with van der Waals surface area (Å²) >= 11 is 0. The molecule has 2 heterocycles. The molecule has 1 aromatic carbocycles. The lowest BCUT2D eigenvalue weighted by atomic mass is 10.3. The molecule has 3 rings (SSSR count). The second-order valence-electron chi connectivity index (χ2n) is 6.53. The Morgan fingerprint density at radius 2 is 1.92 bits per heavy atom. The molecular formula is C16H26N4O4S+2. The van der Waals surface area contributed by atoms with E-state index in [0.29, 0.717) is 12.1 Å². The standard InChI is InChI=1S/C16H24N4O4S/c1-2-19-8-10-20(11-9-19)7-3-6-17-25(22,23)13-4-5-14-15(12-13)24-16(21)18-14/h4-5,12,17H,2-3,6-11H2,1H3,(H,18,21)/p+2. The van der Waals surface area contributed by atoms with Crippen molar-refractivity contribution in [3.63, 3.8) is 0 Å². The van der Waals surface area contributed by atoms with Crippen molar-refractivity contribution in [1.29, 1.82) is 0 Å². The van der Waals surface area contributed by atoms with Gasteiger partial charge in [0.15, 0.2) is 5.58 Å². The number of sulfonamides is 1. The number of piperazine rings is 1. The average Bonchev–Trinajstić information content (AvgIpc) is 2.98. The van der Waals surface area contributed by atoms with Crippen LogP contribution in [0.3, 0.4) is 0 Å². The lowest BCUT2D eigenvalue weighted by molar-refractivity contribution is -1.01. The number of oxazole rings is 1. The van der Waals surface area contributed by atoms with Crippen molar-refractivity contribution in [3.8, 4) is 0 Å². The van der Waals surface area contributed by atoms with Crippen molar-refractivity contribution >= 4 is 21.1 Å². The molecule has 1 fully saturated rings. The highest BCUT2D eigenvalue weighted by molar-refractivity contribution is 7.89. The summed E-state index contributed by atoms with van der Waals surface area (Å²) in [7, 11) is -3.60. The number of hydrogen-bond acceptors (Lipinski definition) is 4. The van der Waals surface area contributed by atoms with Crippen LogP contribution in [0, 0.1) is 0 Å². The predicted molar refractivity (Wildman–Crippen MR) is 93.4 cm³/mol. The second-order valence-corrected chi connectivity index (χ2v) is 8.29. The maximum atomic E-state index is 12.4. The van der Waals surface area contributed by atoms with Gasteiger partial charge in [0.1, 0.15) is 26.2 Å². The third kappa shape index (κ3) is 4.49. The third-order valence-corrected chi connectivity index (χ3v) is 6.32. The summed E-state index contributed by atoms with van der Waals surface area (Å²) < 4.78 is 32.3. The number of likely N-dealkylation sites (N-methyl/N-ethyl adjacent to an activating group) is 1. The molecule has 4 N–H and O–H groups in total. The first-order valence-corrected chi connectivity index (χ1v) is 10.3. The summed E-state index contributed by atoms with van der Waals surface area (Å²) in [5.41, 5.74) is 0.731. The van der Waals surface area contributed by atoms with Crippen molar-refractivity contribution in [1.82, 2.24) is 9.71 Å².